The van der Waals surface area contributed by atoms with Crippen LogP contribution in [-0.2, 0) is 10.0 Å². The summed E-state index contributed by atoms with van der Waals surface area (Å²) < 4.78 is 37.3. The molecule has 0 radical (unpaired) electrons. The van der Waals surface area contributed by atoms with E-state index < -0.39 is 10.0 Å². The van der Waals surface area contributed by atoms with Crippen molar-refractivity contribution in [2.75, 3.05) is 25.6 Å². The van der Waals surface area contributed by atoms with E-state index in [1.54, 1.807) is 30.3 Å². The minimum atomic E-state index is -3.79. The van der Waals surface area contributed by atoms with Crippen LogP contribution >= 0.6 is 0 Å². The molecule has 27 heavy (non-hydrogen) atoms. The third-order valence-corrected chi connectivity index (χ3v) is 6.20. The summed E-state index contributed by atoms with van der Waals surface area (Å²) in [7, 11) is 0.602. The van der Waals surface area contributed by atoms with Crippen molar-refractivity contribution in [2.45, 2.75) is 23.8 Å². The van der Waals surface area contributed by atoms with Crippen molar-refractivity contribution in [3.8, 4) is 11.5 Å². The highest BCUT2D eigenvalue weighted by Crippen LogP contribution is 2.31. The molecular weight excluding hydrogens is 368 g/mol. The second-order valence-electron chi connectivity index (χ2n) is 6.28. The van der Waals surface area contributed by atoms with Gasteiger partial charge in [-0.2, -0.15) is 0 Å². The van der Waals surface area contributed by atoms with Crippen molar-refractivity contribution < 1.29 is 22.7 Å². The van der Waals surface area contributed by atoms with Crippen molar-refractivity contribution in [1.29, 1.82) is 0 Å². The maximum Gasteiger partial charge on any atom is 0.264 e. The zero-order valence-corrected chi connectivity index (χ0v) is 16.2. The van der Waals surface area contributed by atoms with Crippen molar-refractivity contribution in [3.63, 3.8) is 0 Å². The molecule has 7 nitrogen and oxygen atoms in total. The number of carbonyl (C=O) groups is 1. The molecule has 2 aromatic carbocycles. The molecule has 0 spiro atoms. The zero-order valence-electron chi connectivity index (χ0n) is 15.4. The van der Waals surface area contributed by atoms with Crippen LogP contribution in [0.5, 0.6) is 11.5 Å². The van der Waals surface area contributed by atoms with Gasteiger partial charge in [0, 0.05) is 24.7 Å². The van der Waals surface area contributed by atoms with E-state index in [9.17, 15) is 13.2 Å². The zero-order chi connectivity index (χ0) is 19.6. The lowest BCUT2D eigenvalue weighted by molar-refractivity contribution is 0.0951. The lowest BCUT2D eigenvalue weighted by Gasteiger charge is -2.20. The Kier molecular flexibility index (Phi) is 5.27. The molecular formula is C19H22N2O5S. The predicted molar refractivity (Wildman–Crippen MR) is 102 cm³/mol. The molecule has 0 saturated heterocycles. The summed E-state index contributed by atoms with van der Waals surface area (Å²) in [5.41, 5.74) is 0.954. The number of amides is 1. The Morgan fingerprint density at radius 3 is 2.22 bits per heavy atom. The molecule has 0 atom stereocenters. The molecule has 0 aromatic heterocycles. The molecule has 144 valence electrons. The van der Waals surface area contributed by atoms with Gasteiger partial charge < -0.3 is 14.8 Å². The van der Waals surface area contributed by atoms with Crippen molar-refractivity contribution >= 4 is 21.6 Å². The lowest BCUT2D eigenvalue weighted by atomic mass is 10.2. The van der Waals surface area contributed by atoms with Gasteiger partial charge in [-0.3, -0.25) is 9.10 Å². The number of rotatable bonds is 7. The fourth-order valence-electron chi connectivity index (χ4n) is 2.59. The maximum atomic E-state index is 12.9. The minimum absolute atomic E-state index is 0.0817. The fourth-order valence-corrected chi connectivity index (χ4v) is 3.80. The van der Waals surface area contributed by atoms with Crippen LogP contribution in [-0.4, -0.2) is 41.6 Å². The van der Waals surface area contributed by atoms with Crippen LogP contribution < -0.4 is 19.1 Å². The van der Waals surface area contributed by atoms with Crippen LogP contribution in [0.4, 0.5) is 5.69 Å². The van der Waals surface area contributed by atoms with Crippen molar-refractivity contribution in [3.05, 3.63) is 48.0 Å². The van der Waals surface area contributed by atoms with E-state index in [2.05, 4.69) is 5.32 Å². The van der Waals surface area contributed by atoms with Crippen molar-refractivity contribution in [2.24, 2.45) is 0 Å². The number of ether oxygens (including phenoxy) is 2. The summed E-state index contributed by atoms with van der Waals surface area (Å²) in [5.74, 6) is 0.638. The monoisotopic (exact) mass is 390 g/mol. The second kappa shape index (κ2) is 7.48. The summed E-state index contributed by atoms with van der Waals surface area (Å²) >= 11 is 0. The van der Waals surface area contributed by atoms with Crippen LogP contribution in [0.3, 0.4) is 0 Å². The Hall–Kier alpha value is -2.74. The molecule has 2 aromatic rings. The second-order valence-corrected chi connectivity index (χ2v) is 8.25. The normalized spacial score (nSPS) is 13.7. The highest BCUT2D eigenvalue weighted by Gasteiger charge is 2.25. The number of sulfonamides is 1. The lowest BCUT2D eigenvalue weighted by Crippen LogP contribution is -2.27. The Morgan fingerprint density at radius 1 is 1.04 bits per heavy atom. The molecule has 1 aliphatic rings. The van der Waals surface area contributed by atoms with E-state index in [0.29, 0.717) is 22.7 Å². The standard InChI is InChI=1S/C19H22N2O5S/c1-21(15-8-4-13(5-9-15)19(22)20-14-6-7-14)27(23,24)16-10-11-17(25-2)18(12-16)26-3/h4-5,8-12,14H,6-7H2,1-3H3,(H,20,22). The van der Waals surface area contributed by atoms with Crippen LogP contribution in [0.15, 0.2) is 47.4 Å². The number of nitrogens with one attached hydrogen (secondary N) is 1. The predicted octanol–water partition coefficient (Wildman–Crippen LogP) is 2.42. The Balaban J connectivity index is 1.83. The van der Waals surface area contributed by atoms with E-state index in [4.69, 9.17) is 9.47 Å². The summed E-state index contributed by atoms with van der Waals surface area (Å²) in [6.07, 6.45) is 2.02. The van der Waals surface area contributed by atoms with Crippen LogP contribution in [0.1, 0.15) is 23.2 Å². The average Bonchev–Trinajstić information content (AvgIpc) is 3.50. The smallest absolute Gasteiger partial charge is 0.264 e. The Labute approximate surface area is 158 Å². The van der Waals surface area contributed by atoms with Gasteiger partial charge in [0.15, 0.2) is 11.5 Å². The largest absolute Gasteiger partial charge is 0.493 e. The SMILES string of the molecule is COc1ccc(S(=O)(=O)N(C)c2ccc(C(=O)NC3CC3)cc2)cc1OC. The van der Waals surface area contributed by atoms with Crippen LogP contribution in [0, 0.1) is 0 Å². The average molecular weight is 390 g/mol. The number of nitrogens with zero attached hydrogens (tertiary/aromatic N) is 1. The highest BCUT2D eigenvalue weighted by molar-refractivity contribution is 7.92. The summed E-state index contributed by atoms with van der Waals surface area (Å²) in [4.78, 5) is 12.1. The number of anilines is 1. The molecule has 3 rings (SSSR count). The van der Waals surface area contributed by atoms with E-state index in [1.165, 1.54) is 33.4 Å². The number of hydrogen-bond donors (Lipinski definition) is 1. The van der Waals surface area contributed by atoms with Gasteiger partial charge in [0.05, 0.1) is 24.8 Å². The van der Waals surface area contributed by atoms with E-state index in [1.807, 2.05) is 0 Å². The van der Waals surface area contributed by atoms with Crippen LogP contribution in [0.2, 0.25) is 0 Å². The van der Waals surface area contributed by atoms with E-state index in [-0.39, 0.29) is 16.8 Å². The fraction of sp³-hybridized carbons (Fsp3) is 0.316. The number of hydrogen-bond acceptors (Lipinski definition) is 5. The summed E-state index contributed by atoms with van der Waals surface area (Å²) in [5, 5.41) is 2.90. The molecule has 0 aliphatic heterocycles. The number of carbonyl (C=O) groups excluding carboxylic acids is 1. The third-order valence-electron chi connectivity index (χ3n) is 4.42. The van der Waals surface area contributed by atoms with Gasteiger partial charge in [-0.15, -0.1) is 0 Å². The van der Waals surface area contributed by atoms with E-state index >= 15 is 0 Å². The summed E-state index contributed by atoms with van der Waals surface area (Å²) in [6.45, 7) is 0. The molecule has 1 N–H and O–H groups in total. The van der Waals surface area contributed by atoms with Gasteiger partial charge in [0.2, 0.25) is 0 Å². The number of methoxy groups -OCH3 is 2. The molecule has 1 fully saturated rings. The van der Waals surface area contributed by atoms with Gasteiger partial charge in [-0.1, -0.05) is 0 Å². The molecule has 1 saturated carbocycles. The van der Waals surface area contributed by atoms with Gasteiger partial charge in [-0.05, 0) is 49.2 Å². The van der Waals surface area contributed by atoms with Gasteiger partial charge in [0.25, 0.3) is 15.9 Å². The first kappa shape index (κ1) is 19.0. The molecule has 1 aliphatic carbocycles. The first-order valence-electron chi connectivity index (χ1n) is 8.48. The van der Waals surface area contributed by atoms with Gasteiger partial charge >= 0.3 is 0 Å². The molecule has 1 amide bonds. The first-order chi connectivity index (χ1) is 12.9. The number of benzene rings is 2. The van der Waals surface area contributed by atoms with Crippen LogP contribution in [0.25, 0.3) is 0 Å². The van der Waals surface area contributed by atoms with Crippen molar-refractivity contribution in [1.82, 2.24) is 5.32 Å². The Morgan fingerprint density at radius 2 is 1.67 bits per heavy atom. The molecule has 0 unspecified atom stereocenters. The summed E-state index contributed by atoms with van der Waals surface area (Å²) in [6, 6.07) is 11.2. The quantitative estimate of drug-likeness (QED) is 0.785. The minimum Gasteiger partial charge on any atom is -0.493 e. The van der Waals surface area contributed by atoms with Gasteiger partial charge in [-0.25, -0.2) is 8.42 Å². The maximum absolute atomic E-state index is 12.9. The topological polar surface area (TPSA) is 84.9 Å². The Bertz CT molecular complexity index is 937. The molecule has 0 heterocycles. The third kappa shape index (κ3) is 4.00. The highest BCUT2D eigenvalue weighted by atomic mass is 32.2. The molecule has 0 bridgehead atoms. The first-order valence-corrected chi connectivity index (χ1v) is 9.92. The van der Waals surface area contributed by atoms with Gasteiger partial charge in [0.1, 0.15) is 0 Å². The molecule has 8 heteroatoms. The van der Waals surface area contributed by atoms with E-state index in [0.717, 1.165) is 17.1 Å².